The summed E-state index contributed by atoms with van der Waals surface area (Å²) in [6.07, 6.45) is 0.378. The molecule has 1 N–H and O–H groups in total. The third-order valence-corrected chi connectivity index (χ3v) is 3.79. The smallest absolute Gasteiger partial charge is 0.311 e. The van der Waals surface area contributed by atoms with Crippen LogP contribution in [0.5, 0.6) is 17.2 Å². The lowest BCUT2D eigenvalue weighted by Gasteiger charge is -2.14. The molecule has 0 radical (unpaired) electrons. The van der Waals surface area contributed by atoms with Gasteiger partial charge >= 0.3 is 5.97 Å². The molecule has 0 saturated heterocycles. The highest BCUT2D eigenvalue weighted by Gasteiger charge is 2.23. The predicted octanol–water partition coefficient (Wildman–Crippen LogP) is 3.36. The van der Waals surface area contributed by atoms with Crippen LogP contribution >= 0.6 is 0 Å². The minimum Gasteiger partial charge on any atom is -0.494 e. The lowest BCUT2D eigenvalue weighted by molar-refractivity contribution is -0.139. The van der Waals surface area contributed by atoms with Crippen molar-refractivity contribution >= 4 is 5.97 Å². The summed E-state index contributed by atoms with van der Waals surface area (Å²) in [6.45, 7) is 2.51. The molecule has 1 aliphatic rings. The number of fused-ring (bicyclic) bond motifs is 1. The van der Waals surface area contributed by atoms with Gasteiger partial charge in [-0.25, -0.2) is 0 Å². The number of hydrogen-bond acceptors (Lipinski definition) is 4. The van der Waals surface area contributed by atoms with E-state index in [0.717, 1.165) is 11.3 Å². The molecule has 0 aromatic heterocycles. The maximum atomic E-state index is 11.6. The highest BCUT2D eigenvalue weighted by molar-refractivity contribution is 5.76. The van der Waals surface area contributed by atoms with Crippen molar-refractivity contribution in [3.63, 3.8) is 0 Å². The van der Waals surface area contributed by atoms with Crippen LogP contribution in [-0.2, 0) is 4.79 Å². The summed E-state index contributed by atoms with van der Waals surface area (Å²) in [5.41, 5.74) is 1.84. The van der Waals surface area contributed by atoms with Crippen molar-refractivity contribution < 1.29 is 24.1 Å². The Hall–Kier alpha value is -2.69. The van der Waals surface area contributed by atoms with Crippen LogP contribution in [-0.4, -0.2) is 24.5 Å². The number of rotatable bonds is 6. The van der Waals surface area contributed by atoms with Gasteiger partial charge in [0.1, 0.15) is 5.75 Å². The van der Waals surface area contributed by atoms with Crippen molar-refractivity contribution in [2.75, 3.05) is 13.4 Å². The average molecular weight is 314 g/mol. The zero-order valence-electron chi connectivity index (χ0n) is 12.8. The van der Waals surface area contributed by atoms with Gasteiger partial charge in [-0.15, -0.1) is 0 Å². The Morgan fingerprint density at radius 2 is 1.91 bits per heavy atom. The Kier molecular flexibility index (Phi) is 4.37. The fourth-order valence-corrected chi connectivity index (χ4v) is 2.49. The standard InChI is InChI=1S/C18H18O5/c1-12-2-5-14(6-3-12)21-9-8-15(18(19)20)13-4-7-16-17(10-13)23-11-22-16/h2-7,10,15H,8-9,11H2,1H3,(H,19,20). The minimum atomic E-state index is -0.878. The van der Waals surface area contributed by atoms with Gasteiger partial charge in [-0.1, -0.05) is 23.8 Å². The summed E-state index contributed by atoms with van der Waals surface area (Å²) in [5, 5.41) is 9.48. The molecule has 1 aliphatic heterocycles. The van der Waals surface area contributed by atoms with Crippen molar-refractivity contribution in [3.05, 3.63) is 53.6 Å². The van der Waals surface area contributed by atoms with Crippen LogP contribution in [0.2, 0.25) is 0 Å². The van der Waals surface area contributed by atoms with E-state index in [1.807, 2.05) is 31.2 Å². The van der Waals surface area contributed by atoms with E-state index in [1.165, 1.54) is 0 Å². The second-order valence-electron chi connectivity index (χ2n) is 5.45. The van der Waals surface area contributed by atoms with Gasteiger partial charge in [0.15, 0.2) is 11.5 Å². The van der Waals surface area contributed by atoms with E-state index in [-0.39, 0.29) is 6.79 Å². The summed E-state index contributed by atoms with van der Waals surface area (Å²) in [4.78, 5) is 11.6. The first-order valence-corrected chi connectivity index (χ1v) is 7.45. The fourth-order valence-electron chi connectivity index (χ4n) is 2.49. The molecule has 3 rings (SSSR count). The number of hydrogen-bond donors (Lipinski definition) is 1. The Morgan fingerprint density at radius 1 is 1.17 bits per heavy atom. The molecule has 0 fully saturated rings. The van der Waals surface area contributed by atoms with Crippen LogP contribution in [0.25, 0.3) is 0 Å². The zero-order chi connectivity index (χ0) is 16.2. The molecule has 5 heteroatoms. The first kappa shape index (κ1) is 15.2. The number of ether oxygens (including phenoxy) is 3. The topological polar surface area (TPSA) is 65.0 Å². The predicted molar refractivity (Wildman–Crippen MR) is 84.2 cm³/mol. The van der Waals surface area contributed by atoms with Gasteiger partial charge in [-0.3, -0.25) is 4.79 Å². The summed E-state index contributed by atoms with van der Waals surface area (Å²) < 4.78 is 16.2. The first-order chi connectivity index (χ1) is 11.1. The molecule has 1 heterocycles. The maximum absolute atomic E-state index is 11.6. The molecule has 0 amide bonds. The van der Waals surface area contributed by atoms with Crippen LogP contribution in [0.3, 0.4) is 0 Å². The van der Waals surface area contributed by atoms with Crippen LogP contribution in [0.4, 0.5) is 0 Å². The molecule has 0 aliphatic carbocycles. The molecule has 0 saturated carbocycles. The third-order valence-electron chi connectivity index (χ3n) is 3.79. The van der Waals surface area contributed by atoms with Gasteiger partial charge in [0.05, 0.1) is 12.5 Å². The van der Waals surface area contributed by atoms with Crippen LogP contribution in [0.1, 0.15) is 23.5 Å². The number of carboxylic acid groups (broad SMARTS) is 1. The molecular formula is C18H18O5. The van der Waals surface area contributed by atoms with E-state index in [2.05, 4.69) is 0 Å². The van der Waals surface area contributed by atoms with Gasteiger partial charge in [-0.05, 0) is 43.2 Å². The van der Waals surface area contributed by atoms with E-state index < -0.39 is 11.9 Å². The second kappa shape index (κ2) is 6.60. The maximum Gasteiger partial charge on any atom is 0.311 e. The van der Waals surface area contributed by atoms with Crippen molar-refractivity contribution in [1.82, 2.24) is 0 Å². The Balaban J connectivity index is 1.65. The third kappa shape index (κ3) is 3.56. The highest BCUT2D eigenvalue weighted by Crippen LogP contribution is 2.35. The van der Waals surface area contributed by atoms with E-state index in [9.17, 15) is 9.90 Å². The summed E-state index contributed by atoms with van der Waals surface area (Å²) in [7, 11) is 0. The zero-order valence-corrected chi connectivity index (χ0v) is 12.8. The normalized spacial score (nSPS) is 13.6. The first-order valence-electron chi connectivity index (χ1n) is 7.45. The fraction of sp³-hybridized carbons (Fsp3) is 0.278. The number of carboxylic acids is 1. The summed E-state index contributed by atoms with van der Waals surface area (Å²) in [5.74, 6) is 0.457. The largest absolute Gasteiger partial charge is 0.494 e. The van der Waals surface area contributed by atoms with E-state index in [1.54, 1.807) is 18.2 Å². The van der Waals surface area contributed by atoms with Crippen molar-refractivity contribution in [2.24, 2.45) is 0 Å². The quantitative estimate of drug-likeness (QED) is 0.885. The molecule has 1 unspecified atom stereocenters. The van der Waals surface area contributed by atoms with Crippen LogP contribution in [0, 0.1) is 6.92 Å². The van der Waals surface area contributed by atoms with Gasteiger partial charge in [0.2, 0.25) is 6.79 Å². The van der Waals surface area contributed by atoms with E-state index in [0.29, 0.717) is 30.1 Å². The number of benzene rings is 2. The minimum absolute atomic E-state index is 0.174. The van der Waals surface area contributed by atoms with Gasteiger partial charge in [0.25, 0.3) is 0 Å². The molecule has 2 aromatic carbocycles. The van der Waals surface area contributed by atoms with E-state index in [4.69, 9.17) is 14.2 Å². The summed E-state index contributed by atoms with van der Waals surface area (Å²) >= 11 is 0. The second-order valence-corrected chi connectivity index (χ2v) is 5.45. The Bertz CT molecular complexity index is 693. The Labute approximate surface area is 134 Å². The molecule has 120 valence electrons. The van der Waals surface area contributed by atoms with Crippen molar-refractivity contribution in [1.29, 1.82) is 0 Å². The molecule has 1 atom stereocenters. The van der Waals surface area contributed by atoms with Crippen LogP contribution in [0.15, 0.2) is 42.5 Å². The van der Waals surface area contributed by atoms with E-state index >= 15 is 0 Å². The number of aryl methyl sites for hydroxylation is 1. The lowest BCUT2D eigenvalue weighted by Crippen LogP contribution is -2.15. The number of aliphatic carboxylic acids is 1. The molecule has 0 spiro atoms. The monoisotopic (exact) mass is 314 g/mol. The SMILES string of the molecule is Cc1ccc(OCCC(C(=O)O)c2ccc3c(c2)OCO3)cc1. The molecule has 0 bridgehead atoms. The molecule has 23 heavy (non-hydrogen) atoms. The average Bonchev–Trinajstić information content (AvgIpc) is 3.00. The van der Waals surface area contributed by atoms with Crippen molar-refractivity contribution in [2.45, 2.75) is 19.3 Å². The van der Waals surface area contributed by atoms with Gasteiger partial charge < -0.3 is 19.3 Å². The lowest BCUT2D eigenvalue weighted by atomic mass is 9.96. The molecular weight excluding hydrogens is 296 g/mol. The van der Waals surface area contributed by atoms with Gasteiger partial charge in [0, 0.05) is 0 Å². The molecule has 2 aromatic rings. The van der Waals surface area contributed by atoms with Gasteiger partial charge in [-0.2, -0.15) is 0 Å². The van der Waals surface area contributed by atoms with Crippen molar-refractivity contribution in [3.8, 4) is 17.2 Å². The molecule has 5 nitrogen and oxygen atoms in total. The van der Waals surface area contributed by atoms with Crippen LogP contribution < -0.4 is 14.2 Å². The number of carbonyl (C=O) groups is 1. The summed E-state index contributed by atoms with van der Waals surface area (Å²) in [6, 6.07) is 12.9. The Morgan fingerprint density at radius 3 is 2.65 bits per heavy atom. The highest BCUT2D eigenvalue weighted by atomic mass is 16.7.